The van der Waals surface area contributed by atoms with Gasteiger partial charge in [-0.3, -0.25) is 0 Å². The molecule has 2 atom stereocenters. The van der Waals surface area contributed by atoms with E-state index in [0.29, 0.717) is 12.0 Å². The van der Waals surface area contributed by atoms with Crippen LogP contribution in [0.25, 0.3) is 10.2 Å². The van der Waals surface area contributed by atoms with Gasteiger partial charge in [-0.25, -0.2) is 19.6 Å². The van der Waals surface area contributed by atoms with Crippen molar-refractivity contribution in [1.82, 2.24) is 9.97 Å². The van der Waals surface area contributed by atoms with Crippen molar-refractivity contribution in [2.75, 3.05) is 0 Å². The highest BCUT2D eigenvalue weighted by atomic mass is 32.2. The molecule has 0 aliphatic carbocycles. The Labute approximate surface area is 170 Å². The summed E-state index contributed by atoms with van der Waals surface area (Å²) in [7, 11) is 0. The summed E-state index contributed by atoms with van der Waals surface area (Å²) in [6.45, 7) is 5.89. The predicted molar refractivity (Wildman–Crippen MR) is 107 cm³/mol. The van der Waals surface area contributed by atoms with Crippen molar-refractivity contribution in [2.45, 2.75) is 49.3 Å². The Morgan fingerprint density at radius 1 is 1.29 bits per heavy atom. The van der Waals surface area contributed by atoms with Crippen LogP contribution in [0.5, 0.6) is 0 Å². The topological polar surface area (TPSA) is 78.4 Å². The third-order valence-corrected chi connectivity index (χ3v) is 6.81. The Morgan fingerprint density at radius 3 is 2.82 bits per heavy atom. The third kappa shape index (κ3) is 3.49. The van der Waals surface area contributed by atoms with Gasteiger partial charge in [0.25, 0.3) is 0 Å². The number of aryl methyl sites for hydroxylation is 2. The summed E-state index contributed by atoms with van der Waals surface area (Å²) in [5, 5.41) is 1.80. The highest BCUT2D eigenvalue weighted by molar-refractivity contribution is 7.99. The molecule has 0 N–H and O–H groups in total. The van der Waals surface area contributed by atoms with Gasteiger partial charge in [-0.1, -0.05) is 23.9 Å². The molecule has 0 radical (unpaired) electrons. The molecule has 1 saturated heterocycles. The second kappa shape index (κ2) is 7.52. The molecule has 8 heteroatoms. The minimum atomic E-state index is -0.854. The van der Waals surface area contributed by atoms with E-state index in [-0.39, 0.29) is 6.10 Å². The van der Waals surface area contributed by atoms with Crippen LogP contribution in [0.2, 0.25) is 0 Å². The van der Waals surface area contributed by atoms with E-state index in [1.165, 1.54) is 23.0 Å². The molecule has 1 aliphatic heterocycles. The van der Waals surface area contributed by atoms with Gasteiger partial charge < -0.3 is 9.47 Å². The number of aromatic nitrogens is 2. The summed E-state index contributed by atoms with van der Waals surface area (Å²) in [6.07, 6.45) is 0.818. The number of carbonyl (C=O) groups excluding carboxylic acids is 2. The zero-order valence-electron chi connectivity index (χ0n) is 15.6. The molecule has 28 heavy (non-hydrogen) atoms. The summed E-state index contributed by atoms with van der Waals surface area (Å²) >= 11 is 3.03. The lowest BCUT2D eigenvalue weighted by Gasteiger charge is -2.11. The first-order valence-electron chi connectivity index (χ1n) is 8.83. The minimum absolute atomic E-state index is 0.242. The van der Waals surface area contributed by atoms with Gasteiger partial charge in [0.2, 0.25) is 6.10 Å². The summed E-state index contributed by atoms with van der Waals surface area (Å²) < 4.78 is 10.5. The van der Waals surface area contributed by atoms with Crippen LogP contribution in [0.1, 0.15) is 34.1 Å². The molecule has 6 nitrogen and oxygen atoms in total. The van der Waals surface area contributed by atoms with Gasteiger partial charge in [-0.2, -0.15) is 0 Å². The number of carbonyl (C=O) groups is 2. The number of hydrogen-bond acceptors (Lipinski definition) is 8. The van der Waals surface area contributed by atoms with Crippen LogP contribution in [-0.2, 0) is 14.3 Å². The molecule has 3 aromatic rings. The zero-order valence-corrected chi connectivity index (χ0v) is 17.2. The second-order valence-corrected chi connectivity index (χ2v) is 8.85. The van der Waals surface area contributed by atoms with Crippen LogP contribution in [0.3, 0.4) is 0 Å². The van der Waals surface area contributed by atoms with Crippen molar-refractivity contribution in [3.05, 3.63) is 46.6 Å². The third-order valence-electron chi connectivity index (χ3n) is 4.62. The monoisotopic (exact) mass is 414 g/mol. The zero-order chi connectivity index (χ0) is 19.8. The van der Waals surface area contributed by atoms with Gasteiger partial charge >= 0.3 is 11.9 Å². The summed E-state index contributed by atoms with van der Waals surface area (Å²) in [6, 6.07) is 7.17. The van der Waals surface area contributed by atoms with E-state index in [0.717, 1.165) is 25.7 Å². The van der Waals surface area contributed by atoms with Crippen LogP contribution in [-0.4, -0.2) is 34.1 Å². The number of nitrogens with zero attached hydrogens (tertiary/aromatic N) is 2. The molecule has 0 amide bonds. The SMILES string of the molecule is Cc1sc2ncnc(Sc3ccccc3C(=O)O[C@H]3C[C@@H](C)OC3=O)c2c1C. The molecule has 144 valence electrons. The number of rotatable bonds is 4. The lowest BCUT2D eigenvalue weighted by atomic mass is 10.2. The fourth-order valence-electron chi connectivity index (χ4n) is 3.06. The van der Waals surface area contributed by atoms with Crippen molar-refractivity contribution in [2.24, 2.45) is 0 Å². The number of fused-ring (bicyclic) bond motifs is 1. The van der Waals surface area contributed by atoms with Crippen LogP contribution >= 0.6 is 23.1 Å². The number of thiophene rings is 1. The van der Waals surface area contributed by atoms with Crippen molar-refractivity contribution in [3.8, 4) is 0 Å². The Balaban J connectivity index is 1.64. The normalized spacial score (nSPS) is 19.0. The van der Waals surface area contributed by atoms with E-state index in [9.17, 15) is 9.59 Å². The molecule has 3 heterocycles. The average Bonchev–Trinajstić information content (AvgIpc) is 3.14. The highest BCUT2D eigenvalue weighted by Gasteiger charge is 2.35. The smallest absolute Gasteiger partial charge is 0.347 e. The van der Waals surface area contributed by atoms with Gasteiger partial charge in [-0.05, 0) is 38.5 Å². The first-order valence-corrected chi connectivity index (χ1v) is 10.5. The highest BCUT2D eigenvalue weighted by Crippen LogP contribution is 2.38. The molecule has 0 spiro atoms. The fraction of sp³-hybridized carbons (Fsp3) is 0.300. The summed E-state index contributed by atoms with van der Waals surface area (Å²) in [5.74, 6) is -1.03. The molecule has 1 fully saturated rings. The molecule has 1 aliphatic rings. The first-order chi connectivity index (χ1) is 13.4. The van der Waals surface area contributed by atoms with E-state index in [4.69, 9.17) is 9.47 Å². The van der Waals surface area contributed by atoms with E-state index < -0.39 is 18.0 Å². The van der Waals surface area contributed by atoms with Crippen LogP contribution in [0.15, 0.2) is 40.5 Å². The summed E-state index contributed by atoms with van der Waals surface area (Å²) in [5.41, 5.74) is 1.54. The van der Waals surface area contributed by atoms with Crippen molar-refractivity contribution < 1.29 is 19.1 Å². The number of esters is 2. The van der Waals surface area contributed by atoms with E-state index in [1.807, 2.05) is 12.1 Å². The standard InChI is InChI=1S/C20H18N2O4S2/c1-10-8-14(20(24)25-10)26-19(23)13-6-4-5-7-15(13)28-18-16-11(2)12(3)27-17(16)21-9-22-18/h4-7,9-10,14H,8H2,1-3H3/t10-,14+/m1/s1. The maximum atomic E-state index is 12.7. The minimum Gasteiger partial charge on any atom is -0.460 e. The molecular weight excluding hydrogens is 396 g/mol. The maximum Gasteiger partial charge on any atom is 0.347 e. The molecule has 0 saturated carbocycles. The molecule has 0 unspecified atom stereocenters. The van der Waals surface area contributed by atoms with Crippen LogP contribution in [0.4, 0.5) is 0 Å². The Morgan fingerprint density at radius 2 is 2.07 bits per heavy atom. The van der Waals surface area contributed by atoms with Gasteiger partial charge in [0.05, 0.1) is 5.56 Å². The molecule has 0 bridgehead atoms. The van der Waals surface area contributed by atoms with E-state index in [1.54, 1.807) is 30.4 Å². The van der Waals surface area contributed by atoms with Gasteiger partial charge in [0.1, 0.15) is 22.3 Å². The van der Waals surface area contributed by atoms with Crippen LogP contribution in [0, 0.1) is 13.8 Å². The summed E-state index contributed by atoms with van der Waals surface area (Å²) in [4.78, 5) is 36.1. The van der Waals surface area contributed by atoms with Crippen molar-refractivity contribution >= 4 is 45.3 Å². The number of ether oxygens (including phenoxy) is 2. The van der Waals surface area contributed by atoms with Crippen LogP contribution < -0.4 is 0 Å². The first kappa shape index (κ1) is 18.9. The Hall–Kier alpha value is -2.45. The van der Waals surface area contributed by atoms with E-state index in [2.05, 4.69) is 23.8 Å². The lowest BCUT2D eigenvalue weighted by Crippen LogP contribution is -2.23. The van der Waals surface area contributed by atoms with Gasteiger partial charge in [-0.15, -0.1) is 11.3 Å². The Kier molecular flexibility index (Phi) is 5.07. The molecular formula is C20H18N2O4S2. The quantitative estimate of drug-likeness (QED) is 0.465. The number of hydrogen-bond donors (Lipinski definition) is 0. The second-order valence-electron chi connectivity index (χ2n) is 6.62. The average molecular weight is 415 g/mol. The number of cyclic esters (lactones) is 1. The van der Waals surface area contributed by atoms with Gasteiger partial charge in [0.15, 0.2) is 0 Å². The predicted octanol–water partition coefficient (Wildman–Crippen LogP) is 4.32. The number of benzene rings is 1. The lowest BCUT2D eigenvalue weighted by molar-refractivity contribution is -0.147. The fourth-order valence-corrected chi connectivity index (χ4v) is 5.19. The van der Waals surface area contributed by atoms with Gasteiger partial charge in [0, 0.05) is 21.6 Å². The van der Waals surface area contributed by atoms with E-state index >= 15 is 0 Å². The maximum absolute atomic E-state index is 12.7. The Bertz CT molecular complexity index is 1080. The van der Waals surface area contributed by atoms with Crippen molar-refractivity contribution in [1.29, 1.82) is 0 Å². The molecule has 1 aromatic carbocycles. The largest absolute Gasteiger partial charge is 0.460 e. The van der Waals surface area contributed by atoms with Crippen molar-refractivity contribution in [3.63, 3.8) is 0 Å². The molecule has 2 aromatic heterocycles. The molecule has 4 rings (SSSR count).